The van der Waals surface area contributed by atoms with Crippen LogP contribution in [0.25, 0.3) is 0 Å². The molecule has 0 bridgehead atoms. The Morgan fingerprint density at radius 2 is 1.63 bits per heavy atom. The van der Waals surface area contributed by atoms with Gasteiger partial charge in [0.05, 0.1) is 6.10 Å². The van der Waals surface area contributed by atoms with Gasteiger partial charge < -0.3 is 10.4 Å². The molecule has 0 aromatic heterocycles. The molecule has 2 saturated carbocycles. The number of piperidine rings is 1. The highest BCUT2D eigenvalue weighted by Gasteiger charge is 2.31. The lowest BCUT2D eigenvalue weighted by Crippen LogP contribution is -2.50. The first-order valence-corrected chi connectivity index (χ1v) is 8.48. The minimum Gasteiger partial charge on any atom is -0.391 e. The molecular weight excluding hydrogens is 236 g/mol. The zero-order chi connectivity index (χ0) is 13.1. The average molecular weight is 266 g/mol. The Morgan fingerprint density at radius 1 is 0.895 bits per heavy atom. The van der Waals surface area contributed by atoms with Gasteiger partial charge in [-0.2, -0.15) is 0 Å². The summed E-state index contributed by atoms with van der Waals surface area (Å²) in [5.41, 5.74) is 0. The van der Waals surface area contributed by atoms with Crippen LogP contribution in [0, 0.1) is 5.92 Å². The van der Waals surface area contributed by atoms with Crippen molar-refractivity contribution in [3.05, 3.63) is 0 Å². The van der Waals surface area contributed by atoms with Crippen molar-refractivity contribution in [3.8, 4) is 0 Å². The van der Waals surface area contributed by atoms with Crippen molar-refractivity contribution < 1.29 is 5.11 Å². The van der Waals surface area contributed by atoms with E-state index < -0.39 is 0 Å². The smallest absolute Gasteiger partial charge is 0.0695 e. The van der Waals surface area contributed by atoms with E-state index in [2.05, 4.69) is 10.2 Å². The summed E-state index contributed by atoms with van der Waals surface area (Å²) in [7, 11) is 0. The molecule has 3 heteroatoms. The molecule has 110 valence electrons. The largest absolute Gasteiger partial charge is 0.391 e. The molecule has 3 rings (SSSR count). The van der Waals surface area contributed by atoms with Gasteiger partial charge in [-0.15, -0.1) is 0 Å². The molecule has 1 heterocycles. The first kappa shape index (κ1) is 13.8. The molecule has 1 aliphatic heterocycles. The molecule has 3 aliphatic rings. The molecule has 2 atom stereocenters. The second-order valence-electron chi connectivity index (χ2n) is 6.93. The van der Waals surface area contributed by atoms with Crippen LogP contribution in [0.15, 0.2) is 0 Å². The molecule has 1 saturated heterocycles. The number of aliphatic hydroxyl groups is 1. The Balaban J connectivity index is 1.42. The van der Waals surface area contributed by atoms with E-state index in [9.17, 15) is 5.11 Å². The third kappa shape index (κ3) is 3.93. The van der Waals surface area contributed by atoms with Gasteiger partial charge in [0.2, 0.25) is 0 Å². The highest BCUT2D eigenvalue weighted by molar-refractivity contribution is 4.87. The minimum atomic E-state index is -0.0709. The summed E-state index contributed by atoms with van der Waals surface area (Å²) in [5.74, 6) is 0.988. The lowest BCUT2D eigenvalue weighted by molar-refractivity contribution is 0.0289. The maximum Gasteiger partial charge on any atom is 0.0695 e. The lowest BCUT2D eigenvalue weighted by Gasteiger charge is -2.39. The van der Waals surface area contributed by atoms with Crippen LogP contribution in [0.1, 0.15) is 57.8 Å². The molecule has 2 N–H and O–H groups in total. The van der Waals surface area contributed by atoms with E-state index >= 15 is 0 Å². The quantitative estimate of drug-likeness (QED) is 0.765. The topological polar surface area (TPSA) is 35.5 Å². The van der Waals surface area contributed by atoms with Gasteiger partial charge in [0.15, 0.2) is 0 Å². The number of aliphatic hydroxyl groups excluding tert-OH is 1. The first-order chi connectivity index (χ1) is 9.33. The summed E-state index contributed by atoms with van der Waals surface area (Å²) in [6.45, 7) is 3.62. The fourth-order valence-corrected chi connectivity index (χ4v) is 3.78. The van der Waals surface area contributed by atoms with E-state index in [1.807, 2.05) is 0 Å². The first-order valence-electron chi connectivity index (χ1n) is 8.48. The van der Waals surface area contributed by atoms with Crippen LogP contribution in [-0.2, 0) is 0 Å². The standard InChI is InChI=1S/C16H30N2O/c19-16-5-3-1-2-4-15(16)18-10-8-14(9-11-18)17-12-13-6-7-13/h13-17,19H,1-12H2. The SMILES string of the molecule is OC1CCCCCC1N1CCC(NCC2CC2)CC1. The van der Waals surface area contributed by atoms with Crippen molar-refractivity contribution in [3.63, 3.8) is 0 Å². The third-order valence-corrected chi connectivity index (χ3v) is 5.33. The van der Waals surface area contributed by atoms with Gasteiger partial charge >= 0.3 is 0 Å². The van der Waals surface area contributed by atoms with Crippen molar-refractivity contribution in [2.75, 3.05) is 19.6 Å². The number of nitrogens with zero attached hydrogens (tertiary/aromatic N) is 1. The van der Waals surface area contributed by atoms with E-state index in [-0.39, 0.29) is 6.10 Å². The number of rotatable bonds is 4. The highest BCUT2D eigenvalue weighted by atomic mass is 16.3. The predicted octanol–water partition coefficient (Wildman–Crippen LogP) is 2.14. The van der Waals surface area contributed by atoms with Crippen LogP contribution < -0.4 is 5.32 Å². The van der Waals surface area contributed by atoms with Crippen LogP contribution in [0.4, 0.5) is 0 Å². The average Bonchev–Trinajstić information content (AvgIpc) is 3.25. The van der Waals surface area contributed by atoms with Crippen molar-refractivity contribution >= 4 is 0 Å². The van der Waals surface area contributed by atoms with E-state index in [1.165, 1.54) is 71.0 Å². The lowest BCUT2D eigenvalue weighted by atomic mass is 9.98. The molecule has 0 aromatic carbocycles. The molecule has 2 aliphatic carbocycles. The van der Waals surface area contributed by atoms with E-state index in [1.54, 1.807) is 0 Å². The number of nitrogens with one attached hydrogen (secondary N) is 1. The van der Waals surface area contributed by atoms with Gasteiger partial charge in [-0.05, 0) is 51.0 Å². The van der Waals surface area contributed by atoms with Gasteiger partial charge in [-0.25, -0.2) is 0 Å². The predicted molar refractivity (Wildman–Crippen MR) is 78.2 cm³/mol. The summed E-state index contributed by atoms with van der Waals surface area (Å²) in [6, 6.07) is 1.19. The van der Waals surface area contributed by atoms with Gasteiger partial charge in [-0.3, -0.25) is 4.90 Å². The number of hydrogen-bond donors (Lipinski definition) is 2. The van der Waals surface area contributed by atoms with Crippen LogP contribution in [0.5, 0.6) is 0 Å². The molecule has 0 spiro atoms. The van der Waals surface area contributed by atoms with Crippen LogP contribution >= 0.6 is 0 Å². The molecule has 2 unspecified atom stereocenters. The Morgan fingerprint density at radius 3 is 2.37 bits per heavy atom. The Hall–Kier alpha value is -0.120. The monoisotopic (exact) mass is 266 g/mol. The Bertz CT molecular complexity index is 272. The molecule has 0 amide bonds. The molecule has 0 aromatic rings. The summed E-state index contributed by atoms with van der Waals surface area (Å²) >= 11 is 0. The van der Waals surface area contributed by atoms with Crippen LogP contribution in [-0.4, -0.2) is 47.8 Å². The second kappa shape index (κ2) is 6.55. The molecular formula is C16H30N2O. The zero-order valence-electron chi connectivity index (χ0n) is 12.2. The minimum absolute atomic E-state index is 0.0709. The fraction of sp³-hybridized carbons (Fsp3) is 1.00. The van der Waals surface area contributed by atoms with Crippen molar-refractivity contribution in [1.82, 2.24) is 10.2 Å². The fourth-order valence-electron chi connectivity index (χ4n) is 3.78. The molecule has 19 heavy (non-hydrogen) atoms. The summed E-state index contributed by atoms with van der Waals surface area (Å²) in [6.07, 6.45) is 11.4. The van der Waals surface area contributed by atoms with E-state index in [4.69, 9.17) is 0 Å². The van der Waals surface area contributed by atoms with Crippen molar-refractivity contribution in [1.29, 1.82) is 0 Å². The van der Waals surface area contributed by atoms with E-state index in [0.29, 0.717) is 6.04 Å². The normalized spacial score (nSPS) is 35.2. The van der Waals surface area contributed by atoms with Crippen molar-refractivity contribution in [2.45, 2.75) is 76.0 Å². The third-order valence-electron chi connectivity index (χ3n) is 5.33. The maximum atomic E-state index is 10.3. The molecule has 3 nitrogen and oxygen atoms in total. The van der Waals surface area contributed by atoms with E-state index in [0.717, 1.165) is 18.4 Å². The Labute approximate surface area is 117 Å². The molecule has 3 fully saturated rings. The summed E-state index contributed by atoms with van der Waals surface area (Å²) in [4.78, 5) is 2.57. The zero-order valence-corrected chi connectivity index (χ0v) is 12.2. The van der Waals surface area contributed by atoms with Gasteiger partial charge in [-0.1, -0.05) is 19.3 Å². The number of likely N-dealkylation sites (tertiary alicyclic amines) is 1. The Kier molecular flexibility index (Phi) is 4.78. The summed E-state index contributed by atoms with van der Waals surface area (Å²) in [5, 5.41) is 14.0. The van der Waals surface area contributed by atoms with Crippen LogP contribution in [0.2, 0.25) is 0 Å². The molecule has 0 radical (unpaired) electrons. The number of hydrogen-bond acceptors (Lipinski definition) is 3. The van der Waals surface area contributed by atoms with Crippen molar-refractivity contribution in [2.24, 2.45) is 5.92 Å². The van der Waals surface area contributed by atoms with Gasteiger partial charge in [0, 0.05) is 25.2 Å². The van der Waals surface area contributed by atoms with Gasteiger partial charge in [0.1, 0.15) is 0 Å². The summed E-state index contributed by atoms with van der Waals surface area (Å²) < 4.78 is 0. The maximum absolute atomic E-state index is 10.3. The second-order valence-corrected chi connectivity index (χ2v) is 6.93. The van der Waals surface area contributed by atoms with Crippen LogP contribution in [0.3, 0.4) is 0 Å². The highest BCUT2D eigenvalue weighted by Crippen LogP contribution is 2.29. The van der Waals surface area contributed by atoms with Gasteiger partial charge in [0.25, 0.3) is 0 Å².